The second-order valence-corrected chi connectivity index (χ2v) is 11.8. The molecule has 6 rings (SSSR count). The fourth-order valence-corrected chi connectivity index (χ4v) is 7.12. The maximum Gasteiger partial charge on any atom is 0.255 e. The van der Waals surface area contributed by atoms with E-state index >= 15 is 0 Å². The molecule has 0 unspecified atom stereocenters. The topological polar surface area (TPSA) is 59.2 Å². The van der Waals surface area contributed by atoms with Gasteiger partial charge in [-0.25, -0.2) is 4.98 Å². The van der Waals surface area contributed by atoms with Crippen molar-refractivity contribution in [2.24, 2.45) is 0 Å². The molecule has 0 radical (unpaired) electrons. The highest BCUT2D eigenvalue weighted by Crippen LogP contribution is 2.38. The Morgan fingerprint density at radius 3 is 2.51 bits per heavy atom. The molecule has 0 aliphatic carbocycles. The van der Waals surface area contributed by atoms with E-state index in [9.17, 15) is 4.79 Å². The van der Waals surface area contributed by atoms with Gasteiger partial charge in [-0.05, 0) is 48.7 Å². The number of aryl methyl sites for hydroxylation is 1. The second kappa shape index (κ2) is 10.6. The lowest BCUT2D eigenvalue weighted by molar-refractivity contribution is -0.125. The number of carbonyl (C=O) groups excluding carboxylic acids is 1. The molecule has 0 atom stereocenters. The van der Waals surface area contributed by atoms with Crippen LogP contribution in [-0.2, 0) is 4.79 Å². The molecule has 1 aliphatic heterocycles. The van der Waals surface area contributed by atoms with Gasteiger partial charge in [0.05, 0.1) is 21.8 Å². The first kappa shape index (κ1) is 24.0. The molecule has 1 aliphatic rings. The van der Waals surface area contributed by atoms with Crippen LogP contribution < -0.4 is 0 Å². The minimum Gasteiger partial charge on any atom is -0.360 e. The van der Waals surface area contributed by atoms with E-state index in [-0.39, 0.29) is 5.91 Å². The number of likely N-dealkylation sites (tertiary alicyclic amines) is 1. The van der Waals surface area contributed by atoms with Crippen LogP contribution in [0.4, 0.5) is 0 Å². The first-order valence-electron chi connectivity index (χ1n) is 12.2. The molecule has 5 nitrogen and oxygen atoms in total. The predicted molar refractivity (Wildman–Crippen MR) is 153 cm³/mol. The Balaban J connectivity index is 1.18. The molecule has 1 fully saturated rings. The average molecular weight is 544 g/mol. The smallest absolute Gasteiger partial charge is 0.255 e. The fourth-order valence-electron chi connectivity index (χ4n) is 4.74. The molecule has 0 spiro atoms. The van der Waals surface area contributed by atoms with E-state index in [4.69, 9.17) is 9.51 Å². The fraction of sp³-hybridized carbons (Fsp3) is 0.207. The monoisotopic (exact) mass is 543 g/mol. The number of thiophene rings is 2. The number of benzene rings is 1. The number of thiazole rings is 1. The third kappa shape index (κ3) is 4.97. The van der Waals surface area contributed by atoms with Crippen molar-refractivity contribution in [3.8, 4) is 22.5 Å². The van der Waals surface area contributed by atoms with Crippen molar-refractivity contribution >= 4 is 51.6 Å². The SMILES string of the molecule is Cc1onc(-c2ccccc2)c1-c1csc(C2CCN(C(=O)/C(=C/c3cccs3)c3cccs3)CC2)n1. The second-order valence-electron chi connectivity index (χ2n) is 9.02. The molecule has 5 heterocycles. The molecule has 0 saturated carbocycles. The van der Waals surface area contributed by atoms with Crippen molar-refractivity contribution in [3.63, 3.8) is 0 Å². The van der Waals surface area contributed by atoms with Gasteiger partial charge in [-0.3, -0.25) is 4.79 Å². The van der Waals surface area contributed by atoms with Crippen LogP contribution >= 0.6 is 34.0 Å². The normalized spacial score (nSPS) is 14.8. The Hall–Kier alpha value is -3.33. The Kier molecular flexibility index (Phi) is 6.87. The van der Waals surface area contributed by atoms with Crippen molar-refractivity contribution in [2.75, 3.05) is 13.1 Å². The first-order valence-corrected chi connectivity index (χ1v) is 14.9. The van der Waals surface area contributed by atoms with Crippen LogP contribution in [0.5, 0.6) is 0 Å². The summed E-state index contributed by atoms with van der Waals surface area (Å²) in [5.74, 6) is 1.23. The van der Waals surface area contributed by atoms with Crippen LogP contribution in [0.3, 0.4) is 0 Å². The summed E-state index contributed by atoms with van der Waals surface area (Å²) in [6.45, 7) is 3.40. The van der Waals surface area contributed by atoms with Gasteiger partial charge in [-0.15, -0.1) is 34.0 Å². The Morgan fingerprint density at radius 2 is 1.78 bits per heavy atom. The predicted octanol–water partition coefficient (Wildman–Crippen LogP) is 7.84. The summed E-state index contributed by atoms with van der Waals surface area (Å²) in [4.78, 5) is 22.7. The Morgan fingerprint density at radius 1 is 1.00 bits per heavy atom. The van der Waals surface area contributed by atoms with Gasteiger partial charge >= 0.3 is 0 Å². The van der Waals surface area contributed by atoms with Crippen molar-refractivity contribution < 1.29 is 9.32 Å². The summed E-state index contributed by atoms with van der Waals surface area (Å²) in [5, 5.41) is 11.6. The largest absolute Gasteiger partial charge is 0.360 e. The van der Waals surface area contributed by atoms with Gasteiger partial charge < -0.3 is 9.42 Å². The van der Waals surface area contributed by atoms with Gasteiger partial charge in [0.25, 0.3) is 5.91 Å². The summed E-state index contributed by atoms with van der Waals surface area (Å²) in [7, 11) is 0. The van der Waals surface area contributed by atoms with Gasteiger partial charge in [0.15, 0.2) is 0 Å². The molecule has 0 bridgehead atoms. The van der Waals surface area contributed by atoms with Gasteiger partial charge in [0.2, 0.25) is 0 Å². The maximum atomic E-state index is 13.6. The third-order valence-electron chi connectivity index (χ3n) is 6.67. The summed E-state index contributed by atoms with van der Waals surface area (Å²) >= 11 is 4.95. The number of aromatic nitrogens is 2. The molecule has 0 N–H and O–H groups in total. The standard InChI is InChI=1S/C29H25N3O2S3/c1-19-26(27(31-34-19)20-7-3-2-4-8-20)24-18-37-28(30-24)21-11-13-32(14-12-21)29(33)23(25-10-6-16-36-25)17-22-9-5-15-35-22/h2-10,15-18,21H,11-14H2,1H3/b23-17+. The third-order valence-corrected chi connectivity index (χ3v) is 9.40. The van der Waals surface area contributed by atoms with Crippen LogP contribution in [-0.4, -0.2) is 34.0 Å². The average Bonchev–Trinajstić information content (AvgIpc) is 3.75. The van der Waals surface area contributed by atoms with E-state index in [0.29, 0.717) is 5.92 Å². The molecule has 8 heteroatoms. The number of piperidine rings is 1. The summed E-state index contributed by atoms with van der Waals surface area (Å²) in [6, 6.07) is 18.2. The van der Waals surface area contributed by atoms with Crippen LogP contribution in [0.15, 0.2) is 75.3 Å². The first-order chi connectivity index (χ1) is 18.2. The summed E-state index contributed by atoms with van der Waals surface area (Å²) in [6.07, 6.45) is 3.84. The number of hydrogen-bond donors (Lipinski definition) is 0. The van der Waals surface area contributed by atoms with Gasteiger partial charge in [-0.2, -0.15) is 0 Å². The molecule has 1 aromatic carbocycles. The van der Waals surface area contributed by atoms with Crippen LogP contribution in [0.2, 0.25) is 0 Å². The molecule has 37 heavy (non-hydrogen) atoms. The Labute approximate surface area is 227 Å². The summed E-state index contributed by atoms with van der Waals surface area (Å²) < 4.78 is 5.56. The number of nitrogens with zero attached hydrogens (tertiary/aromatic N) is 3. The lowest BCUT2D eigenvalue weighted by Gasteiger charge is -2.31. The molecule has 5 aromatic rings. The van der Waals surface area contributed by atoms with E-state index in [1.165, 1.54) is 0 Å². The molecule has 1 saturated heterocycles. The van der Waals surface area contributed by atoms with E-state index in [1.54, 1.807) is 34.0 Å². The summed E-state index contributed by atoms with van der Waals surface area (Å²) in [5.41, 5.74) is 4.50. The highest BCUT2D eigenvalue weighted by atomic mass is 32.1. The minimum atomic E-state index is 0.113. The maximum absolute atomic E-state index is 13.6. The van der Waals surface area contributed by atoms with Crippen LogP contribution in [0.25, 0.3) is 34.2 Å². The van der Waals surface area contributed by atoms with Crippen LogP contribution in [0.1, 0.15) is 39.3 Å². The van der Waals surface area contributed by atoms with E-state index in [0.717, 1.165) is 74.5 Å². The van der Waals surface area contributed by atoms with Crippen molar-refractivity contribution in [1.82, 2.24) is 15.0 Å². The number of carbonyl (C=O) groups is 1. The van der Waals surface area contributed by atoms with Gasteiger partial charge in [0, 0.05) is 39.7 Å². The molecule has 186 valence electrons. The lowest BCUT2D eigenvalue weighted by Crippen LogP contribution is -2.38. The number of amides is 1. The van der Waals surface area contributed by atoms with E-state index < -0.39 is 0 Å². The molecular weight excluding hydrogens is 519 g/mol. The van der Waals surface area contributed by atoms with E-state index in [1.807, 2.05) is 77.2 Å². The lowest BCUT2D eigenvalue weighted by atomic mass is 9.96. The van der Waals surface area contributed by atoms with Crippen molar-refractivity contribution in [1.29, 1.82) is 0 Å². The Bertz CT molecular complexity index is 1510. The van der Waals surface area contributed by atoms with Crippen molar-refractivity contribution in [3.05, 3.63) is 91.3 Å². The zero-order valence-electron chi connectivity index (χ0n) is 20.3. The van der Waals surface area contributed by atoms with E-state index in [2.05, 4.69) is 16.6 Å². The van der Waals surface area contributed by atoms with Crippen molar-refractivity contribution in [2.45, 2.75) is 25.7 Å². The molecule has 1 amide bonds. The molecular formula is C29H25N3O2S3. The highest BCUT2D eigenvalue weighted by Gasteiger charge is 2.29. The number of hydrogen-bond acceptors (Lipinski definition) is 7. The quantitative estimate of drug-likeness (QED) is 0.205. The zero-order valence-corrected chi connectivity index (χ0v) is 22.7. The van der Waals surface area contributed by atoms with Gasteiger partial charge in [-0.1, -0.05) is 47.6 Å². The zero-order chi connectivity index (χ0) is 25.2. The van der Waals surface area contributed by atoms with Crippen LogP contribution in [0, 0.1) is 6.92 Å². The highest BCUT2D eigenvalue weighted by molar-refractivity contribution is 7.12. The number of rotatable bonds is 6. The minimum absolute atomic E-state index is 0.113. The van der Waals surface area contributed by atoms with Gasteiger partial charge in [0.1, 0.15) is 11.5 Å². The molecule has 4 aromatic heterocycles.